The van der Waals surface area contributed by atoms with Crippen LogP contribution >= 0.6 is 0 Å². The zero-order chi connectivity index (χ0) is 16.8. The largest absolute Gasteiger partial charge is 0.376 e. The third kappa shape index (κ3) is 4.26. The van der Waals surface area contributed by atoms with Crippen molar-refractivity contribution in [1.29, 1.82) is 0 Å². The van der Waals surface area contributed by atoms with Gasteiger partial charge in [0.2, 0.25) is 0 Å². The number of hydrogen-bond acceptors (Lipinski definition) is 5. The summed E-state index contributed by atoms with van der Waals surface area (Å²) in [4.78, 5) is 20.2. The number of amides is 1. The van der Waals surface area contributed by atoms with Gasteiger partial charge < -0.3 is 15.4 Å². The van der Waals surface area contributed by atoms with E-state index < -0.39 is 0 Å². The maximum atomic E-state index is 13.5. The van der Waals surface area contributed by atoms with E-state index in [1.807, 2.05) is 0 Å². The molecule has 1 atom stereocenters. The van der Waals surface area contributed by atoms with Crippen LogP contribution in [-0.4, -0.2) is 35.1 Å². The van der Waals surface area contributed by atoms with Gasteiger partial charge in [-0.05, 0) is 18.9 Å². The maximum absolute atomic E-state index is 13.5. The maximum Gasteiger partial charge on any atom is 0.271 e. The Balaban J connectivity index is 1.51. The fourth-order valence-electron chi connectivity index (χ4n) is 2.47. The molecule has 1 saturated heterocycles. The zero-order valence-electron chi connectivity index (χ0n) is 13.2. The number of benzene rings is 1. The first-order chi connectivity index (χ1) is 11.7. The molecule has 2 aromatic rings. The van der Waals surface area contributed by atoms with E-state index in [4.69, 9.17) is 4.74 Å². The molecule has 0 bridgehead atoms. The quantitative estimate of drug-likeness (QED) is 0.849. The van der Waals surface area contributed by atoms with Gasteiger partial charge in [-0.15, -0.1) is 0 Å². The third-order valence-corrected chi connectivity index (χ3v) is 3.82. The van der Waals surface area contributed by atoms with Crippen molar-refractivity contribution in [2.24, 2.45) is 0 Å². The number of halogens is 1. The monoisotopic (exact) mass is 330 g/mol. The van der Waals surface area contributed by atoms with Gasteiger partial charge in [-0.25, -0.2) is 14.4 Å². The second kappa shape index (κ2) is 7.83. The summed E-state index contributed by atoms with van der Waals surface area (Å²) in [7, 11) is 0. The molecule has 1 aliphatic rings. The highest BCUT2D eigenvalue weighted by Gasteiger charge is 2.17. The summed E-state index contributed by atoms with van der Waals surface area (Å²) in [6, 6.07) is 6.52. The molecule has 2 heterocycles. The van der Waals surface area contributed by atoms with Crippen molar-refractivity contribution in [1.82, 2.24) is 15.3 Å². The molecule has 1 aromatic heterocycles. The average molecular weight is 330 g/mol. The van der Waals surface area contributed by atoms with Crippen LogP contribution in [0.25, 0.3) is 0 Å². The number of aromatic nitrogens is 2. The minimum absolute atomic E-state index is 0.0867. The average Bonchev–Trinajstić information content (AvgIpc) is 3.13. The van der Waals surface area contributed by atoms with Crippen LogP contribution in [0, 0.1) is 5.82 Å². The molecule has 126 valence electrons. The second-order valence-electron chi connectivity index (χ2n) is 5.58. The van der Waals surface area contributed by atoms with Gasteiger partial charge in [-0.3, -0.25) is 4.79 Å². The molecule has 7 heteroatoms. The van der Waals surface area contributed by atoms with Crippen LogP contribution in [0.15, 0.2) is 36.7 Å². The van der Waals surface area contributed by atoms with Crippen LogP contribution in [0.2, 0.25) is 0 Å². The highest BCUT2D eigenvalue weighted by Crippen LogP contribution is 2.11. The summed E-state index contributed by atoms with van der Waals surface area (Å²) in [5, 5.41) is 5.77. The highest BCUT2D eigenvalue weighted by atomic mass is 19.1. The topological polar surface area (TPSA) is 76.1 Å². The smallest absolute Gasteiger partial charge is 0.271 e. The first kappa shape index (κ1) is 16.3. The van der Waals surface area contributed by atoms with Gasteiger partial charge >= 0.3 is 0 Å². The summed E-state index contributed by atoms with van der Waals surface area (Å²) in [5.74, 6) is -0.0735. The number of hydrogen-bond donors (Lipinski definition) is 2. The summed E-state index contributed by atoms with van der Waals surface area (Å²) in [5.41, 5.74) is 0.780. The van der Waals surface area contributed by atoms with E-state index in [1.165, 1.54) is 18.5 Å². The Morgan fingerprint density at radius 2 is 2.17 bits per heavy atom. The molecule has 24 heavy (non-hydrogen) atoms. The zero-order valence-corrected chi connectivity index (χ0v) is 13.2. The number of nitrogens with one attached hydrogen (secondary N) is 2. The summed E-state index contributed by atoms with van der Waals surface area (Å²) < 4.78 is 19.0. The molecule has 2 N–H and O–H groups in total. The van der Waals surface area contributed by atoms with Crippen molar-refractivity contribution in [3.8, 4) is 0 Å². The van der Waals surface area contributed by atoms with E-state index in [2.05, 4.69) is 20.6 Å². The Kier molecular flexibility index (Phi) is 5.32. The number of carbonyl (C=O) groups is 1. The van der Waals surface area contributed by atoms with E-state index in [9.17, 15) is 9.18 Å². The number of ether oxygens (including phenoxy) is 1. The number of carbonyl (C=O) groups excluding carboxylic acids is 1. The lowest BCUT2D eigenvalue weighted by Crippen LogP contribution is -2.32. The Hall–Kier alpha value is -2.54. The fourth-order valence-corrected chi connectivity index (χ4v) is 2.47. The van der Waals surface area contributed by atoms with Gasteiger partial charge in [0.25, 0.3) is 5.91 Å². The molecule has 1 aliphatic heterocycles. The van der Waals surface area contributed by atoms with Crippen molar-refractivity contribution >= 4 is 11.7 Å². The normalized spacial score (nSPS) is 16.8. The highest BCUT2D eigenvalue weighted by molar-refractivity contribution is 5.92. The third-order valence-electron chi connectivity index (χ3n) is 3.82. The number of nitrogens with zero attached hydrogens (tertiary/aromatic N) is 2. The van der Waals surface area contributed by atoms with Gasteiger partial charge in [0, 0.05) is 25.3 Å². The fraction of sp³-hybridized carbons (Fsp3) is 0.353. The van der Waals surface area contributed by atoms with E-state index in [0.717, 1.165) is 19.4 Å². The van der Waals surface area contributed by atoms with Gasteiger partial charge in [-0.2, -0.15) is 0 Å². The lowest BCUT2D eigenvalue weighted by molar-refractivity contribution is 0.0853. The van der Waals surface area contributed by atoms with Crippen molar-refractivity contribution in [3.05, 3.63) is 53.7 Å². The molecule has 0 spiro atoms. The molecule has 6 nitrogen and oxygen atoms in total. The lowest BCUT2D eigenvalue weighted by Gasteiger charge is -2.10. The lowest BCUT2D eigenvalue weighted by atomic mass is 10.2. The Bertz CT molecular complexity index is 687. The van der Waals surface area contributed by atoms with Gasteiger partial charge in [0.15, 0.2) is 0 Å². The van der Waals surface area contributed by atoms with Crippen LogP contribution in [0.4, 0.5) is 10.2 Å². The van der Waals surface area contributed by atoms with Gasteiger partial charge in [0.05, 0.1) is 18.5 Å². The van der Waals surface area contributed by atoms with E-state index in [0.29, 0.717) is 24.5 Å². The van der Waals surface area contributed by atoms with Crippen molar-refractivity contribution in [3.63, 3.8) is 0 Å². The van der Waals surface area contributed by atoms with E-state index in [1.54, 1.807) is 18.2 Å². The van der Waals surface area contributed by atoms with Gasteiger partial charge in [0.1, 0.15) is 17.3 Å². The Morgan fingerprint density at radius 1 is 1.29 bits per heavy atom. The van der Waals surface area contributed by atoms with Crippen LogP contribution in [-0.2, 0) is 11.3 Å². The molecule has 1 aromatic carbocycles. The second-order valence-corrected chi connectivity index (χ2v) is 5.58. The first-order valence-electron chi connectivity index (χ1n) is 7.91. The SMILES string of the molecule is O=C(NCC1CCCO1)c1cnc(NCc2ccccc2F)cn1. The van der Waals surface area contributed by atoms with E-state index in [-0.39, 0.29) is 23.5 Å². The summed E-state index contributed by atoms with van der Waals surface area (Å²) in [6.45, 7) is 1.53. The minimum Gasteiger partial charge on any atom is -0.376 e. The molecule has 1 amide bonds. The predicted octanol–water partition coefficient (Wildman–Crippen LogP) is 2.14. The predicted molar refractivity (Wildman–Crippen MR) is 87.1 cm³/mol. The van der Waals surface area contributed by atoms with Crippen LogP contribution in [0.1, 0.15) is 28.9 Å². The minimum atomic E-state index is -0.279. The molecule has 0 saturated carbocycles. The Morgan fingerprint density at radius 3 is 2.88 bits per heavy atom. The van der Waals surface area contributed by atoms with Crippen molar-refractivity contribution < 1.29 is 13.9 Å². The number of rotatable bonds is 6. The summed E-state index contributed by atoms with van der Waals surface area (Å²) >= 11 is 0. The van der Waals surface area contributed by atoms with Crippen molar-refractivity contribution in [2.45, 2.75) is 25.5 Å². The summed E-state index contributed by atoms with van der Waals surface area (Å²) in [6.07, 6.45) is 4.94. The van der Waals surface area contributed by atoms with Crippen LogP contribution in [0.5, 0.6) is 0 Å². The van der Waals surface area contributed by atoms with Crippen LogP contribution < -0.4 is 10.6 Å². The molecule has 3 rings (SSSR count). The standard InChI is InChI=1S/C17H19FN4O2/c18-14-6-2-1-4-12(14)8-20-16-11-19-15(10-21-16)17(23)22-9-13-5-3-7-24-13/h1-2,4,6,10-11,13H,3,5,7-9H2,(H,20,21)(H,22,23). The molecule has 0 radical (unpaired) electrons. The Labute approximate surface area is 139 Å². The van der Waals surface area contributed by atoms with Gasteiger partial charge in [-0.1, -0.05) is 18.2 Å². The molecular weight excluding hydrogens is 311 g/mol. The molecule has 1 fully saturated rings. The first-order valence-corrected chi connectivity index (χ1v) is 7.91. The van der Waals surface area contributed by atoms with Crippen LogP contribution in [0.3, 0.4) is 0 Å². The molecule has 0 aliphatic carbocycles. The van der Waals surface area contributed by atoms with Crippen molar-refractivity contribution in [2.75, 3.05) is 18.5 Å². The number of anilines is 1. The molecular formula is C17H19FN4O2. The van der Waals surface area contributed by atoms with E-state index >= 15 is 0 Å². The molecule has 1 unspecified atom stereocenters.